The minimum atomic E-state index is 0.643. The summed E-state index contributed by atoms with van der Waals surface area (Å²) in [4.78, 5) is 4.19. The first kappa shape index (κ1) is 11.4. The zero-order chi connectivity index (χ0) is 11.9. The van der Waals surface area contributed by atoms with Crippen molar-refractivity contribution in [1.82, 2.24) is 4.98 Å². The molecule has 0 saturated heterocycles. The fraction of sp³-hybridized carbons (Fsp3) is 0.133. The molecule has 2 heteroatoms. The number of aromatic nitrogens is 1. The number of rotatable bonds is 5. The second kappa shape index (κ2) is 5.85. The normalized spacial score (nSPS) is 9.88. The molecule has 17 heavy (non-hydrogen) atoms. The van der Waals surface area contributed by atoms with Crippen molar-refractivity contribution in [3.05, 3.63) is 66.4 Å². The number of hydrogen-bond donors (Lipinski definition) is 0. The maximum atomic E-state index is 5.56. The van der Waals surface area contributed by atoms with Crippen LogP contribution in [0.15, 0.2) is 55.2 Å². The van der Waals surface area contributed by atoms with E-state index in [1.54, 1.807) is 12.3 Å². The molecule has 2 nitrogen and oxygen atoms in total. The van der Waals surface area contributed by atoms with Crippen LogP contribution in [0.25, 0.3) is 6.08 Å². The van der Waals surface area contributed by atoms with Crippen molar-refractivity contribution in [3.8, 4) is 5.88 Å². The predicted octanol–water partition coefficient (Wildman–Crippen LogP) is 3.35. The third-order valence-electron chi connectivity index (χ3n) is 2.48. The summed E-state index contributed by atoms with van der Waals surface area (Å²) in [5.74, 6) is 0.659. The molecule has 0 fully saturated rings. The number of nitrogens with zero attached hydrogens (tertiary/aromatic N) is 1. The third kappa shape index (κ3) is 3.45. The molecule has 0 saturated carbocycles. The molecule has 0 radical (unpaired) electrons. The van der Waals surface area contributed by atoms with Crippen LogP contribution in [0.1, 0.15) is 11.1 Å². The summed E-state index contributed by atoms with van der Waals surface area (Å²) in [6.07, 6.45) is 4.41. The van der Waals surface area contributed by atoms with Crippen molar-refractivity contribution in [2.75, 3.05) is 6.61 Å². The van der Waals surface area contributed by atoms with E-state index in [0.717, 1.165) is 12.0 Å². The quantitative estimate of drug-likeness (QED) is 0.778. The molecular formula is C15H15NO. The SMILES string of the molecule is C=Cc1ccc(OCCc2ccccc2)nc1. The Morgan fingerprint density at radius 2 is 1.94 bits per heavy atom. The number of benzene rings is 1. The van der Waals surface area contributed by atoms with E-state index in [1.807, 2.05) is 30.3 Å². The van der Waals surface area contributed by atoms with Crippen LogP contribution >= 0.6 is 0 Å². The van der Waals surface area contributed by atoms with Gasteiger partial charge in [-0.05, 0) is 17.2 Å². The topological polar surface area (TPSA) is 22.1 Å². The van der Waals surface area contributed by atoms with E-state index in [-0.39, 0.29) is 0 Å². The van der Waals surface area contributed by atoms with E-state index in [4.69, 9.17) is 4.74 Å². The van der Waals surface area contributed by atoms with Crippen molar-refractivity contribution >= 4 is 6.08 Å². The van der Waals surface area contributed by atoms with Gasteiger partial charge in [0.15, 0.2) is 0 Å². The lowest BCUT2D eigenvalue weighted by Gasteiger charge is -2.05. The Balaban J connectivity index is 1.84. The second-order valence-electron chi connectivity index (χ2n) is 3.72. The van der Waals surface area contributed by atoms with E-state index in [9.17, 15) is 0 Å². The molecule has 0 amide bonds. The van der Waals surface area contributed by atoms with Gasteiger partial charge in [-0.15, -0.1) is 0 Å². The first-order chi connectivity index (χ1) is 8.38. The number of ether oxygens (including phenoxy) is 1. The van der Waals surface area contributed by atoms with Crippen LogP contribution in [0.3, 0.4) is 0 Å². The summed E-state index contributed by atoms with van der Waals surface area (Å²) < 4.78 is 5.56. The maximum absolute atomic E-state index is 5.56. The minimum absolute atomic E-state index is 0.643. The smallest absolute Gasteiger partial charge is 0.213 e. The maximum Gasteiger partial charge on any atom is 0.213 e. The van der Waals surface area contributed by atoms with Crippen LogP contribution in [-0.4, -0.2) is 11.6 Å². The van der Waals surface area contributed by atoms with Crippen molar-refractivity contribution in [2.24, 2.45) is 0 Å². The van der Waals surface area contributed by atoms with E-state index >= 15 is 0 Å². The average molecular weight is 225 g/mol. The zero-order valence-corrected chi connectivity index (χ0v) is 9.67. The molecule has 0 spiro atoms. The number of hydrogen-bond acceptors (Lipinski definition) is 2. The van der Waals surface area contributed by atoms with Crippen LogP contribution in [0.4, 0.5) is 0 Å². The largest absolute Gasteiger partial charge is 0.477 e. The van der Waals surface area contributed by atoms with Gasteiger partial charge < -0.3 is 4.74 Å². The van der Waals surface area contributed by atoms with E-state index in [0.29, 0.717) is 12.5 Å². The third-order valence-corrected chi connectivity index (χ3v) is 2.48. The van der Waals surface area contributed by atoms with Crippen LogP contribution in [0, 0.1) is 0 Å². The van der Waals surface area contributed by atoms with Crippen molar-refractivity contribution in [3.63, 3.8) is 0 Å². The lowest BCUT2D eigenvalue weighted by Crippen LogP contribution is -2.02. The predicted molar refractivity (Wildman–Crippen MR) is 70.0 cm³/mol. The van der Waals surface area contributed by atoms with Crippen LogP contribution in [-0.2, 0) is 6.42 Å². The van der Waals surface area contributed by atoms with E-state index < -0.39 is 0 Å². The Labute approximate surface area is 102 Å². The van der Waals surface area contributed by atoms with Crippen LogP contribution in [0.5, 0.6) is 5.88 Å². The van der Waals surface area contributed by atoms with Crippen LogP contribution < -0.4 is 4.74 Å². The lowest BCUT2D eigenvalue weighted by molar-refractivity contribution is 0.309. The zero-order valence-electron chi connectivity index (χ0n) is 9.67. The summed E-state index contributed by atoms with van der Waals surface area (Å²) in [5, 5.41) is 0. The van der Waals surface area contributed by atoms with Gasteiger partial charge in [-0.3, -0.25) is 0 Å². The molecule has 1 aromatic heterocycles. The Kier molecular flexibility index (Phi) is 3.92. The van der Waals surface area contributed by atoms with Gasteiger partial charge in [0.1, 0.15) is 0 Å². The molecule has 1 aromatic carbocycles. The summed E-state index contributed by atoms with van der Waals surface area (Å²) in [6, 6.07) is 14.1. The van der Waals surface area contributed by atoms with Gasteiger partial charge in [-0.2, -0.15) is 0 Å². The molecule has 0 aliphatic heterocycles. The summed E-state index contributed by atoms with van der Waals surface area (Å²) >= 11 is 0. The number of pyridine rings is 1. The van der Waals surface area contributed by atoms with Crippen molar-refractivity contribution in [1.29, 1.82) is 0 Å². The van der Waals surface area contributed by atoms with Gasteiger partial charge in [-0.25, -0.2) is 4.98 Å². The fourth-order valence-corrected chi connectivity index (χ4v) is 1.52. The highest BCUT2D eigenvalue weighted by Gasteiger charge is 1.96. The van der Waals surface area contributed by atoms with Gasteiger partial charge in [-0.1, -0.05) is 43.0 Å². The molecule has 1 heterocycles. The summed E-state index contributed by atoms with van der Waals surface area (Å²) in [6.45, 7) is 4.32. The Morgan fingerprint density at radius 3 is 2.59 bits per heavy atom. The summed E-state index contributed by atoms with van der Waals surface area (Å²) in [7, 11) is 0. The molecule has 0 aliphatic carbocycles. The Bertz CT molecular complexity index is 462. The first-order valence-electron chi connectivity index (χ1n) is 5.64. The standard InChI is InChI=1S/C15H15NO/c1-2-13-8-9-15(16-12-13)17-11-10-14-6-4-3-5-7-14/h2-9,12H,1,10-11H2. The summed E-state index contributed by atoms with van der Waals surface area (Å²) in [5.41, 5.74) is 2.27. The van der Waals surface area contributed by atoms with Gasteiger partial charge in [0.2, 0.25) is 5.88 Å². The molecule has 2 aromatic rings. The molecule has 2 rings (SSSR count). The fourth-order valence-electron chi connectivity index (χ4n) is 1.52. The highest BCUT2D eigenvalue weighted by Crippen LogP contribution is 2.09. The first-order valence-corrected chi connectivity index (χ1v) is 5.64. The average Bonchev–Trinajstić information content (AvgIpc) is 2.41. The lowest BCUT2D eigenvalue weighted by atomic mass is 10.2. The van der Waals surface area contributed by atoms with Gasteiger partial charge in [0, 0.05) is 18.7 Å². The van der Waals surface area contributed by atoms with Crippen molar-refractivity contribution in [2.45, 2.75) is 6.42 Å². The van der Waals surface area contributed by atoms with E-state index in [1.165, 1.54) is 5.56 Å². The van der Waals surface area contributed by atoms with Gasteiger partial charge >= 0.3 is 0 Å². The van der Waals surface area contributed by atoms with E-state index in [2.05, 4.69) is 23.7 Å². The molecule has 0 aliphatic rings. The molecule has 0 atom stereocenters. The van der Waals surface area contributed by atoms with Crippen LogP contribution in [0.2, 0.25) is 0 Å². The highest BCUT2D eigenvalue weighted by atomic mass is 16.5. The molecule has 0 unspecified atom stereocenters. The second-order valence-corrected chi connectivity index (χ2v) is 3.72. The Hall–Kier alpha value is -2.09. The van der Waals surface area contributed by atoms with Gasteiger partial charge in [0.25, 0.3) is 0 Å². The monoisotopic (exact) mass is 225 g/mol. The minimum Gasteiger partial charge on any atom is -0.477 e. The molecule has 0 bridgehead atoms. The molecule has 0 N–H and O–H groups in total. The van der Waals surface area contributed by atoms with Gasteiger partial charge in [0.05, 0.1) is 6.61 Å². The Morgan fingerprint density at radius 1 is 1.12 bits per heavy atom. The van der Waals surface area contributed by atoms with Crippen molar-refractivity contribution < 1.29 is 4.74 Å². The molecule has 86 valence electrons. The molecular weight excluding hydrogens is 210 g/mol. The highest BCUT2D eigenvalue weighted by molar-refractivity contribution is 5.45.